The van der Waals surface area contributed by atoms with Crippen molar-refractivity contribution in [1.82, 2.24) is 4.98 Å². The van der Waals surface area contributed by atoms with Gasteiger partial charge >= 0.3 is 0 Å². The number of pyridine rings is 1. The molecule has 0 bridgehead atoms. The molecule has 1 aromatic rings. The molecule has 2 heterocycles. The van der Waals surface area contributed by atoms with Crippen LogP contribution in [-0.4, -0.2) is 38.4 Å². The lowest BCUT2D eigenvalue weighted by Gasteiger charge is -2.29. The van der Waals surface area contributed by atoms with Crippen molar-refractivity contribution in [2.24, 2.45) is 0 Å². The molecular weight excluding hydrogens is 180 g/mol. The highest BCUT2D eigenvalue weighted by molar-refractivity contribution is 5.55. The molecule has 1 radical (unpaired) electrons. The van der Waals surface area contributed by atoms with Crippen molar-refractivity contribution in [3.05, 3.63) is 18.3 Å². The normalized spacial score (nSPS) is 14.8. The molecule has 4 heteroatoms. The van der Waals surface area contributed by atoms with Crippen molar-refractivity contribution >= 4 is 5.69 Å². The van der Waals surface area contributed by atoms with Gasteiger partial charge in [0.05, 0.1) is 13.2 Å². The van der Waals surface area contributed by atoms with E-state index < -0.39 is 0 Å². The summed E-state index contributed by atoms with van der Waals surface area (Å²) in [5.41, 5.74) is 1.01. The molecule has 0 aliphatic carbocycles. The van der Waals surface area contributed by atoms with E-state index in [1.807, 2.05) is 6.07 Å². The summed E-state index contributed by atoms with van der Waals surface area (Å²) in [7, 11) is 1.71. The van der Waals surface area contributed by atoms with Crippen LogP contribution in [0.2, 0.25) is 0 Å². The fourth-order valence-corrected chi connectivity index (χ4v) is 1.48. The number of anilines is 1. The van der Waals surface area contributed by atoms with Crippen molar-refractivity contribution in [3.63, 3.8) is 0 Å². The summed E-state index contributed by atoms with van der Waals surface area (Å²) in [6, 6.07) is 4.85. The fourth-order valence-electron chi connectivity index (χ4n) is 1.48. The van der Waals surface area contributed by atoms with Crippen LogP contribution in [-0.2, 0) is 4.74 Å². The zero-order valence-corrected chi connectivity index (χ0v) is 8.19. The number of ether oxygens (including phenoxy) is 2. The van der Waals surface area contributed by atoms with E-state index in [4.69, 9.17) is 9.47 Å². The highest BCUT2D eigenvalue weighted by atomic mass is 16.5. The minimum Gasteiger partial charge on any atom is -0.474 e. The lowest BCUT2D eigenvalue weighted by Crippen LogP contribution is -2.35. The quantitative estimate of drug-likeness (QED) is 0.708. The van der Waals surface area contributed by atoms with Crippen molar-refractivity contribution in [2.45, 2.75) is 0 Å². The molecule has 0 aromatic carbocycles. The molecule has 0 N–H and O–H groups in total. The van der Waals surface area contributed by atoms with Gasteiger partial charge in [-0.2, -0.15) is 0 Å². The van der Waals surface area contributed by atoms with E-state index in [1.165, 1.54) is 0 Å². The van der Waals surface area contributed by atoms with Crippen LogP contribution in [0.5, 0.6) is 5.88 Å². The van der Waals surface area contributed by atoms with E-state index in [2.05, 4.69) is 16.0 Å². The van der Waals surface area contributed by atoms with Gasteiger partial charge in [0.15, 0.2) is 0 Å². The average molecular weight is 193 g/mol. The first-order chi connectivity index (χ1) is 6.92. The van der Waals surface area contributed by atoms with Gasteiger partial charge in [-0.25, -0.2) is 4.98 Å². The topological polar surface area (TPSA) is 34.6 Å². The van der Waals surface area contributed by atoms with E-state index in [1.54, 1.807) is 13.3 Å². The maximum Gasteiger partial charge on any atom is 0.237 e. The number of hydrogen-bond acceptors (Lipinski definition) is 4. The first kappa shape index (κ1) is 9.27. The Morgan fingerprint density at radius 3 is 3.50 bits per heavy atom. The Labute approximate surface area is 83.5 Å². The second-order valence-corrected chi connectivity index (χ2v) is 3.09. The summed E-state index contributed by atoms with van der Waals surface area (Å²) in [4.78, 5) is 6.32. The van der Waals surface area contributed by atoms with E-state index in [0.717, 1.165) is 18.8 Å². The molecule has 0 atom stereocenters. The maximum absolute atomic E-state index is 5.42. The zero-order chi connectivity index (χ0) is 9.80. The van der Waals surface area contributed by atoms with Crippen molar-refractivity contribution < 1.29 is 9.47 Å². The molecular formula is C10H13N2O2. The summed E-state index contributed by atoms with van der Waals surface area (Å²) >= 11 is 0. The molecule has 0 saturated carbocycles. The molecule has 0 amide bonds. The highest BCUT2D eigenvalue weighted by Crippen LogP contribution is 2.27. The molecule has 0 unspecified atom stereocenters. The second-order valence-electron chi connectivity index (χ2n) is 3.09. The van der Waals surface area contributed by atoms with E-state index in [0.29, 0.717) is 19.1 Å². The molecule has 0 saturated heterocycles. The third-order valence-electron chi connectivity index (χ3n) is 2.20. The largest absolute Gasteiger partial charge is 0.474 e. The molecule has 2 rings (SSSR count). The molecule has 4 nitrogen and oxygen atoms in total. The molecule has 75 valence electrons. The van der Waals surface area contributed by atoms with Crippen LogP contribution in [0.15, 0.2) is 12.3 Å². The van der Waals surface area contributed by atoms with Gasteiger partial charge in [0, 0.05) is 25.9 Å². The molecule has 1 aliphatic rings. The summed E-state index contributed by atoms with van der Waals surface area (Å²) in [6.45, 7) is 3.16. The van der Waals surface area contributed by atoms with E-state index >= 15 is 0 Å². The molecule has 1 aromatic heterocycles. The van der Waals surface area contributed by atoms with Crippen LogP contribution in [0.1, 0.15) is 0 Å². The fraction of sp³-hybridized carbons (Fsp3) is 0.500. The van der Waals surface area contributed by atoms with Gasteiger partial charge in [-0.1, -0.05) is 0 Å². The highest BCUT2D eigenvalue weighted by Gasteiger charge is 2.17. The van der Waals surface area contributed by atoms with Gasteiger partial charge in [0.25, 0.3) is 0 Å². The van der Waals surface area contributed by atoms with Gasteiger partial charge in [-0.3, -0.25) is 0 Å². The van der Waals surface area contributed by atoms with Crippen molar-refractivity contribution in [3.8, 4) is 5.88 Å². The Bertz CT molecular complexity index is 304. The number of aromatic nitrogens is 1. The third kappa shape index (κ3) is 1.80. The molecule has 1 aliphatic heterocycles. The number of nitrogens with zero attached hydrogens (tertiary/aromatic N) is 2. The predicted molar refractivity (Wildman–Crippen MR) is 52.7 cm³/mol. The molecule has 14 heavy (non-hydrogen) atoms. The van der Waals surface area contributed by atoms with Gasteiger partial charge in [0.1, 0.15) is 12.3 Å². The number of hydrogen-bond donors (Lipinski definition) is 0. The van der Waals surface area contributed by atoms with E-state index in [-0.39, 0.29) is 0 Å². The predicted octanol–water partition coefficient (Wildman–Crippen LogP) is 0.727. The number of fused-ring (bicyclic) bond motifs is 1. The van der Waals surface area contributed by atoms with Gasteiger partial charge in [-0.15, -0.1) is 0 Å². The number of rotatable bonds is 3. The second kappa shape index (κ2) is 4.28. The smallest absolute Gasteiger partial charge is 0.237 e. The standard InChI is InChI=1S/C10H13N2O2/c1-13-7-5-12-6-8-14-10-9(12)3-2-4-11-10/h3-4H,5-8H2,1H3. The number of methoxy groups -OCH3 is 1. The Hall–Kier alpha value is -1.29. The Kier molecular flexibility index (Phi) is 2.84. The summed E-state index contributed by atoms with van der Waals surface area (Å²) < 4.78 is 10.5. The van der Waals surface area contributed by atoms with Gasteiger partial charge in [0.2, 0.25) is 5.88 Å². The first-order valence-electron chi connectivity index (χ1n) is 4.64. The SMILES string of the molecule is COCCN1CCOc2nc[c]cc21. The van der Waals surface area contributed by atoms with E-state index in [9.17, 15) is 0 Å². The average Bonchev–Trinajstić information content (AvgIpc) is 2.26. The van der Waals surface area contributed by atoms with Gasteiger partial charge in [-0.05, 0) is 6.07 Å². The van der Waals surface area contributed by atoms with Crippen LogP contribution < -0.4 is 9.64 Å². The Morgan fingerprint density at radius 1 is 1.71 bits per heavy atom. The molecule has 0 spiro atoms. The van der Waals surface area contributed by atoms with Gasteiger partial charge < -0.3 is 14.4 Å². The maximum atomic E-state index is 5.42. The Morgan fingerprint density at radius 2 is 2.64 bits per heavy atom. The minimum atomic E-state index is 0.688. The lowest BCUT2D eigenvalue weighted by atomic mass is 10.3. The van der Waals surface area contributed by atoms with Crippen molar-refractivity contribution in [2.75, 3.05) is 38.3 Å². The summed E-state index contributed by atoms with van der Waals surface area (Å²) in [6.07, 6.45) is 1.62. The Balaban J connectivity index is 2.14. The van der Waals surface area contributed by atoms with Crippen LogP contribution in [0.3, 0.4) is 0 Å². The monoisotopic (exact) mass is 193 g/mol. The zero-order valence-electron chi connectivity index (χ0n) is 8.19. The lowest BCUT2D eigenvalue weighted by molar-refractivity contribution is 0.201. The molecule has 0 fully saturated rings. The van der Waals surface area contributed by atoms with Crippen LogP contribution >= 0.6 is 0 Å². The third-order valence-corrected chi connectivity index (χ3v) is 2.20. The van der Waals surface area contributed by atoms with Crippen LogP contribution in [0, 0.1) is 6.07 Å². The van der Waals surface area contributed by atoms with Crippen molar-refractivity contribution in [1.29, 1.82) is 0 Å². The summed E-state index contributed by atoms with van der Waals surface area (Å²) in [5, 5.41) is 0. The van der Waals surface area contributed by atoms with Crippen LogP contribution in [0.25, 0.3) is 0 Å². The van der Waals surface area contributed by atoms with Crippen LogP contribution in [0.4, 0.5) is 5.69 Å². The summed E-state index contributed by atoms with van der Waals surface area (Å²) in [5.74, 6) is 0.700. The minimum absolute atomic E-state index is 0.688. The first-order valence-corrected chi connectivity index (χ1v) is 4.64.